The number of likely N-dealkylation sites (tertiary alicyclic amines) is 1. The van der Waals surface area contributed by atoms with Gasteiger partial charge in [0.1, 0.15) is 12.1 Å². The Bertz CT molecular complexity index is 776. The van der Waals surface area contributed by atoms with Crippen molar-refractivity contribution < 1.29 is 14.3 Å². The molecular formula is C17H26N4O5. The number of hydrogen-bond acceptors (Lipinski definition) is 5. The zero-order chi connectivity index (χ0) is 19.5. The van der Waals surface area contributed by atoms with Crippen molar-refractivity contribution in [2.45, 2.75) is 51.8 Å². The Labute approximate surface area is 151 Å². The van der Waals surface area contributed by atoms with Gasteiger partial charge in [-0.1, -0.05) is 0 Å². The van der Waals surface area contributed by atoms with E-state index in [-0.39, 0.29) is 18.5 Å². The van der Waals surface area contributed by atoms with E-state index in [9.17, 15) is 19.2 Å². The lowest BCUT2D eigenvalue weighted by Gasteiger charge is -2.30. The predicted molar refractivity (Wildman–Crippen MR) is 94.9 cm³/mol. The topological polar surface area (TPSA) is 105 Å². The maximum atomic E-state index is 12.6. The van der Waals surface area contributed by atoms with Gasteiger partial charge in [0.25, 0.3) is 5.56 Å². The van der Waals surface area contributed by atoms with Crippen LogP contribution in [0.2, 0.25) is 0 Å². The number of carbonyl (C=O) groups is 2. The van der Waals surface area contributed by atoms with Crippen molar-refractivity contribution >= 4 is 12.0 Å². The van der Waals surface area contributed by atoms with Gasteiger partial charge in [0.15, 0.2) is 0 Å². The molecule has 1 aromatic rings. The number of amides is 2. The molecule has 1 aromatic heterocycles. The number of carbonyl (C=O) groups excluding carboxylic acids is 2. The Morgan fingerprint density at radius 1 is 1.35 bits per heavy atom. The fourth-order valence-corrected chi connectivity index (χ4v) is 2.89. The summed E-state index contributed by atoms with van der Waals surface area (Å²) in [4.78, 5) is 52.8. The second kappa shape index (κ2) is 7.76. The maximum Gasteiger partial charge on any atom is 0.410 e. The first-order valence-electron chi connectivity index (χ1n) is 8.60. The van der Waals surface area contributed by atoms with Crippen LogP contribution in [0.4, 0.5) is 4.79 Å². The molecule has 26 heavy (non-hydrogen) atoms. The molecule has 2 rings (SSSR count). The van der Waals surface area contributed by atoms with Crippen LogP contribution in [0.15, 0.2) is 21.9 Å². The Morgan fingerprint density at radius 3 is 2.65 bits per heavy atom. The fraction of sp³-hybridized carbons (Fsp3) is 0.647. The minimum atomic E-state index is -0.618. The molecule has 0 bridgehead atoms. The van der Waals surface area contributed by atoms with E-state index in [1.54, 1.807) is 32.7 Å². The number of rotatable bonds is 4. The number of aromatic amines is 1. The second-order valence-electron chi connectivity index (χ2n) is 7.48. The zero-order valence-electron chi connectivity index (χ0n) is 15.7. The van der Waals surface area contributed by atoms with Crippen molar-refractivity contribution in [3.8, 4) is 0 Å². The van der Waals surface area contributed by atoms with Gasteiger partial charge >= 0.3 is 11.8 Å². The largest absolute Gasteiger partial charge is 0.444 e. The minimum Gasteiger partial charge on any atom is -0.444 e. The van der Waals surface area contributed by atoms with Crippen molar-refractivity contribution in [2.75, 3.05) is 20.1 Å². The predicted octanol–water partition coefficient (Wildman–Crippen LogP) is 0.395. The van der Waals surface area contributed by atoms with Crippen molar-refractivity contribution in [3.63, 3.8) is 0 Å². The molecule has 0 unspecified atom stereocenters. The van der Waals surface area contributed by atoms with Gasteiger partial charge in [-0.3, -0.25) is 19.1 Å². The molecule has 9 heteroatoms. The Balaban J connectivity index is 2.00. The number of hydrogen-bond donors (Lipinski definition) is 1. The standard InChI is InChI=1S/C17H26N4O5/c1-17(2,3)26-16(25)19(4)10-12-6-5-8-21(12)14(23)11-20-9-7-13(22)18-15(20)24/h7,9,12H,5-6,8,10-11H2,1-4H3,(H,18,22,24)/t12-/m1/s1. The zero-order valence-corrected chi connectivity index (χ0v) is 15.7. The summed E-state index contributed by atoms with van der Waals surface area (Å²) in [5.74, 6) is -0.223. The van der Waals surface area contributed by atoms with E-state index in [1.165, 1.54) is 17.2 Å². The van der Waals surface area contributed by atoms with Crippen LogP contribution in [-0.2, 0) is 16.1 Å². The van der Waals surface area contributed by atoms with Gasteiger partial charge in [-0.05, 0) is 33.6 Å². The van der Waals surface area contributed by atoms with Crippen molar-refractivity contribution in [3.05, 3.63) is 33.1 Å². The lowest BCUT2D eigenvalue weighted by atomic mass is 10.2. The summed E-state index contributed by atoms with van der Waals surface area (Å²) in [6.45, 7) is 6.18. The van der Waals surface area contributed by atoms with Crippen molar-refractivity contribution in [1.29, 1.82) is 0 Å². The third kappa shape index (κ3) is 5.21. The highest BCUT2D eigenvalue weighted by molar-refractivity contribution is 5.76. The molecule has 2 heterocycles. The third-order valence-corrected chi connectivity index (χ3v) is 4.09. The third-order valence-electron chi connectivity index (χ3n) is 4.09. The first-order valence-corrected chi connectivity index (χ1v) is 8.60. The average Bonchev–Trinajstić information content (AvgIpc) is 2.96. The molecule has 9 nitrogen and oxygen atoms in total. The van der Waals surface area contributed by atoms with Gasteiger partial charge in [-0.25, -0.2) is 9.59 Å². The molecular weight excluding hydrogens is 340 g/mol. The van der Waals surface area contributed by atoms with Gasteiger partial charge in [-0.15, -0.1) is 0 Å². The molecule has 1 fully saturated rings. The second-order valence-corrected chi connectivity index (χ2v) is 7.48. The number of nitrogens with zero attached hydrogens (tertiary/aromatic N) is 3. The van der Waals surface area contributed by atoms with Gasteiger partial charge < -0.3 is 14.5 Å². The van der Waals surface area contributed by atoms with Crippen LogP contribution in [0.1, 0.15) is 33.6 Å². The number of ether oxygens (including phenoxy) is 1. The molecule has 0 radical (unpaired) electrons. The first kappa shape index (κ1) is 19.7. The van der Waals surface area contributed by atoms with E-state index < -0.39 is 22.9 Å². The Morgan fingerprint density at radius 2 is 2.04 bits per heavy atom. The van der Waals surface area contributed by atoms with Crippen LogP contribution < -0.4 is 11.2 Å². The minimum absolute atomic E-state index is 0.126. The number of H-pyrrole nitrogens is 1. The van der Waals surface area contributed by atoms with Crippen molar-refractivity contribution in [2.24, 2.45) is 0 Å². The van der Waals surface area contributed by atoms with Crippen LogP contribution in [-0.4, -0.2) is 63.1 Å². The highest BCUT2D eigenvalue weighted by Crippen LogP contribution is 2.19. The van der Waals surface area contributed by atoms with Crippen LogP contribution in [0.5, 0.6) is 0 Å². The molecule has 1 atom stereocenters. The van der Waals surface area contributed by atoms with Crippen molar-refractivity contribution in [1.82, 2.24) is 19.4 Å². The van der Waals surface area contributed by atoms with Crippen LogP contribution in [0.25, 0.3) is 0 Å². The van der Waals surface area contributed by atoms with E-state index in [0.29, 0.717) is 13.1 Å². The number of likely N-dealkylation sites (N-methyl/N-ethyl adjacent to an activating group) is 1. The highest BCUT2D eigenvalue weighted by atomic mass is 16.6. The van der Waals surface area contributed by atoms with Crippen LogP contribution >= 0.6 is 0 Å². The first-order chi connectivity index (χ1) is 12.1. The number of nitrogens with one attached hydrogen (secondary N) is 1. The summed E-state index contributed by atoms with van der Waals surface area (Å²) in [7, 11) is 1.64. The van der Waals surface area contributed by atoms with Gasteiger partial charge in [0.05, 0.1) is 0 Å². The molecule has 0 aliphatic carbocycles. The fourth-order valence-electron chi connectivity index (χ4n) is 2.89. The van der Waals surface area contributed by atoms with E-state index >= 15 is 0 Å². The van der Waals surface area contributed by atoms with Gasteiger partial charge in [0, 0.05) is 38.4 Å². The Kier molecular flexibility index (Phi) is 5.89. The monoisotopic (exact) mass is 366 g/mol. The summed E-state index contributed by atoms with van der Waals surface area (Å²) < 4.78 is 6.50. The van der Waals surface area contributed by atoms with Gasteiger partial charge in [0.2, 0.25) is 5.91 Å². The molecule has 2 amide bonds. The summed E-state index contributed by atoms with van der Waals surface area (Å²) in [6.07, 6.45) is 2.48. The SMILES string of the molecule is CN(C[C@H]1CCCN1C(=O)Cn1ccc(=O)[nH]c1=O)C(=O)OC(C)(C)C. The molecule has 0 aromatic carbocycles. The normalized spacial score (nSPS) is 17.2. The summed E-state index contributed by atoms with van der Waals surface area (Å²) >= 11 is 0. The molecule has 1 aliphatic rings. The highest BCUT2D eigenvalue weighted by Gasteiger charge is 2.31. The summed E-state index contributed by atoms with van der Waals surface area (Å²) in [5, 5.41) is 0. The Hall–Kier alpha value is -2.58. The average molecular weight is 366 g/mol. The smallest absolute Gasteiger partial charge is 0.410 e. The lowest BCUT2D eigenvalue weighted by molar-refractivity contribution is -0.133. The van der Waals surface area contributed by atoms with E-state index in [1.807, 2.05) is 0 Å². The van der Waals surface area contributed by atoms with E-state index in [2.05, 4.69) is 4.98 Å². The lowest BCUT2D eigenvalue weighted by Crippen LogP contribution is -2.46. The summed E-state index contributed by atoms with van der Waals surface area (Å²) in [5.41, 5.74) is -1.70. The maximum absolute atomic E-state index is 12.6. The van der Waals surface area contributed by atoms with E-state index in [4.69, 9.17) is 4.74 Å². The van der Waals surface area contributed by atoms with Gasteiger partial charge in [-0.2, -0.15) is 0 Å². The molecule has 1 N–H and O–H groups in total. The number of aromatic nitrogens is 2. The quantitative estimate of drug-likeness (QED) is 0.830. The van der Waals surface area contributed by atoms with E-state index in [0.717, 1.165) is 17.4 Å². The molecule has 0 spiro atoms. The molecule has 1 aliphatic heterocycles. The van der Waals surface area contributed by atoms with Crippen LogP contribution in [0, 0.1) is 0 Å². The molecule has 1 saturated heterocycles. The van der Waals surface area contributed by atoms with Crippen LogP contribution in [0.3, 0.4) is 0 Å². The molecule has 144 valence electrons. The molecule has 0 saturated carbocycles. The summed E-state index contributed by atoms with van der Waals surface area (Å²) in [6, 6.07) is 1.07.